The van der Waals surface area contributed by atoms with Gasteiger partial charge in [-0.25, -0.2) is 4.68 Å². The van der Waals surface area contributed by atoms with Gasteiger partial charge in [-0.1, -0.05) is 152 Å². The third-order valence-corrected chi connectivity index (χ3v) is 9.55. The molecule has 0 N–H and O–H groups in total. The Labute approximate surface area is 311 Å². The number of nitrogens with zero attached hydrogens (tertiary/aromatic N) is 7. The second-order valence-electron chi connectivity index (χ2n) is 12.7. The first-order valence-corrected chi connectivity index (χ1v) is 17.6. The smallest absolute Gasteiger partial charge is 0.297 e. The highest BCUT2D eigenvalue weighted by Gasteiger charge is 2.42. The third kappa shape index (κ3) is 6.21. The molecule has 0 bridgehead atoms. The van der Waals surface area contributed by atoms with Gasteiger partial charge in [0.05, 0.1) is 24.2 Å². The lowest BCUT2D eigenvalue weighted by Crippen LogP contribution is -2.39. The number of benzene rings is 6. The Morgan fingerprint density at radius 2 is 1.30 bits per heavy atom. The van der Waals surface area contributed by atoms with Crippen molar-refractivity contribution < 1.29 is 14.7 Å². The fraction of sp³-hybridized carbons (Fsp3) is 0.116. The summed E-state index contributed by atoms with van der Waals surface area (Å²) in [5.74, 6) is 0.613. The van der Waals surface area contributed by atoms with Crippen LogP contribution in [0.1, 0.15) is 34.7 Å². The fourth-order valence-corrected chi connectivity index (χ4v) is 7.25. The quantitative estimate of drug-likeness (QED) is 0.0664. The molecule has 54 heavy (non-hydrogen) atoms. The van der Waals surface area contributed by atoms with E-state index in [4.69, 9.17) is 19.9 Å². The van der Waals surface area contributed by atoms with E-state index >= 15 is 0 Å². The van der Waals surface area contributed by atoms with Gasteiger partial charge in [0.25, 0.3) is 11.1 Å². The van der Waals surface area contributed by atoms with Crippen molar-refractivity contribution in [2.75, 3.05) is 6.61 Å². The SMILES string of the molecule is CCOc1nc2cccc(CO[N+](=O)[O-])c2n1Cc1ccc(-c2ccccc2-c2nnnn2C(c2ccccc2)(c2ccccc2)c2ccccc2)cc1. The molecule has 0 spiro atoms. The van der Waals surface area contributed by atoms with E-state index in [1.807, 2.05) is 89.0 Å². The minimum absolute atomic E-state index is 0.198. The Kier molecular flexibility index (Phi) is 9.34. The van der Waals surface area contributed by atoms with Crippen molar-refractivity contribution >= 4 is 11.0 Å². The summed E-state index contributed by atoms with van der Waals surface area (Å²) < 4.78 is 9.80. The molecule has 0 aliphatic rings. The van der Waals surface area contributed by atoms with E-state index in [1.54, 1.807) is 12.1 Å². The molecule has 6 aromatic carbocycles. The van der Waals surface area contributed by atoms with Crippen molar-refractivity contribution in [2.45, 2.75) is 25.6 Å². The minimum Gasteiger partial charge on any atom is -0.465 e. The third-order valence-electron chi connectivity index (χ3n) is 9.55. The number of fused-ring (bicyclic) bond motifs is 1. The maximum Gasteiger partial charge on any atom is 0.297 e. The van der Waals surface area contributed by atoms with Crippen molar-refractivity contribution in [3.05, 3.63) is 196 Å². The highest BCUT2D eigenvalue weighted by atomic mass is 16.9. The van der Waals surface area contributed by atoms with Crippen LogP contribution < -0.4 is 4.74 Å². The Balaban J connectivity index is 1.22. The van der Waals surface area contributed by atoms with Crippen LogP contribution in [0.25, 0.3) is 33.5 Å². The number of tetrazole rings is 1. The molecule has 0 amide bonds. The maximum absolute atomic E-state index is 11.0. The summed E-state index contributed by atoms with van der Waals surface area (Å²) in [6, 6.07) is 53.4. The van der Waals surface area contributed by atoms with Crippen molar-refractivity contribution in [1.82, 2.24) is 29.8 Å². The predicted molar refractivity (Wildman–Crippen MR) is 205 cm³/mol. The zero-order chi connectivity index (χ0) is 36.9. The summed E-state index contributed by atoms with van der Waals surface area (Å²) in [6.45, 7) is 2.54. The Bertz CT molecular complexity index is 2420. The number of rotatable bonds is 13. The molecule has 8 aromatic rings. The number of para-hydroxylation sites is 1. The lowest BCUT2D eigenvalue weighted by molar-refractivity contribution is -0.762. The molecule has 11 nitrogen and oxygen atoms in total. The number of hydrogen-bond donors (Lipinski definition) is 0. The number of hydrogen-bond acceptors (Lipinski definition) is 8. The number of aromatic nitrogens is 6. The van der Waals surface area contributed by atoms with Crippen LogP contribution in [0.5, 0.6) is 6.01 Å². The molecule has 0 fully saturated rings. The zero-order valence-corrected chi connectivity index (χ0v) is 29.4. The highest BCUT2D eigenvalue weighted by Crippen LogP contribution is 2.43. The van der Waals surface area contributed by atoms with Gasteiger partial charge in [0.1, 0.15) is 12.1 Å². The first-order valence-electron chi connectivity index (χ1n) is 17.6. The molecule has 2 aromatic heterocycles. The van der Waals surface area contributed by atoms with Crippen LogP contribution in [-0.4, -0.2) is 41.5 Å². The van der Waals surface area contributed by atoms with Crippen LogP contribution in [0.2, 0.25) is 0 Å². The largest absolute Gasteiger partial charge is 0.465 e. The molecule has 0 aliphatic carbocycles. The van der Waals surface area contributed by atoms with E-state index in [9.17, 15) is 10.1 Å². The van der Waals surface area contributed by atoms with Crippen LogP contribution >= 0.6 is 0 Å². The monoisotopic (exact) mass is 713 g/mol. The molecule has 0 aliphatic heterocycles. The molecule has 2 heterocycles. The lowest BCUT2D eigenvalue weighted by Gasteiger charge is -2.36. The number of imidazole rings is 1. The van der Waals surface area contributed by atoms with Gasteiger partial charge < -0.3 is 9.57 Å². The zero-order valence-electron chi connectivity index (χ0n) is 29.4. The van der Waals surface area contributed by atoms with Gasteiger partial charge in [0.15, 0.2) is 5.82 Å². The van der Waals surface area contributed by atoms with Crippen molar-refractivity contribution in [3.8, 4) is 28.5 Å². The van der Waals surface area contributed by atoms with Crippen LogP contribution in [0.4, 0.5) is 0 Å². The second-order valence-corrected chi connectivity index (χ2v) is 12.7. The maximum atomic E-state index is 11.0. The van der Waals surface area contributed by atoms with Gasteiger partial charge >= 0.3 is 0 Å². The molecule has 0 saturated heterocycles. The van der Waals surface area contributed by atoms with Crippen molar-refractivity contribution in [3.63, 3.8) is 0 Å². The van der Waals surface area contributed by atoms with Gasteiger partial charge in [-0.15, -0.1) is 15.2 Å². The predicted octanol–water partition coefficient (Wildman–Crippen LogP) is 8.35. The summed E-state index contributed by atoms with van der Waals surface area (Å²) in [7, 11) is 0. The molecular weight excluding hydrogens is 679 g/mol. The summed E-state index contributed by atoms with van der Waals surface area (Å²) >= 11 is 0. The summed E-state index contributed by atoms with van der Waals surface area (Å²) in [5, 5.41) is 24.0. The molecular formula is C43H35N7O4. The van der Waals surface area contributed by atoms with Gasteiger partial charge in [0.2, 0.25) is 0 Å². The fourth-order valence-electron chi connectivity index (χ4n) is 7.25. The molecule has 11 heteroatoms. The molecule has 0 unspecified atom stereocenters. The van der Waals surface area contributed by atoms with Gasteiger partial charge in [-0.3, -0.25) is 4.57 Å². The molecule has 8 rings (SSSR count). The standard InChI is InChI=1S/C43H35N7O4/c1-2-53-42-44-39-24-14-15-33(30-54-50(51)52)40(39)48(42)29-31-25-27-32(28-26-31)37-22-12-13-23-38(37)41-45-46-47-49(41)43(34-16-6-3-7-17-34,35-18-8-4-9-19-35)36-20-10-5-11-21-36/h3-28H,2,29-30H2,1H3. The van der Waals surface area contributed by atoms with E-state index < -0.39 is 10.6 Å². The van der Waals surface area contributed by atoms with E-state index in [0.29, 0.717) is 36.1 Å². The van der Waals surface area contributed by atoms with Crippen LogP contribution in [0, 0.1) is 10.1 Å². The molecule has 0 radical (unpaired) electrons. The van der Waals surface area contributed by atoms with E-state index in [1.165, 1.54) is 0 Å². The minimum atomic E-state index is -0.894. The summed E-state index contributed by atoms with van der Waals surface area (Å²) in [6.07, 6.45) is 0. The Morgan fingerprint density at radius 1 is 0.704 bits per heavy atom. The molecule has 266 valence electrons. The second kappa shape index (κ2) is 14.8. The van der Waals surface area contributed by atoms with Gasteiger partial charge in [0, 0.05) is 11.1 Å². The molecule has 0 atom stereocenters. The summed E-state index contributed by atoms with van der Waals surface area (Å²) in [4.78, 5) is 20.5. The first kappa shape index (κ1) is 34.0. The van der Waals surface area contributed by atoms with Crippen molar-refractivity contribution in [1.29, 1.82) is 0 Å². The van der Waals surface area contributed by atoms with E-state index in [-0.39, 0.29) is 6.61 Å². The Morgan fingerprint density at radius 3 is 1.89 bits per heavy atom. The normalized spacial score (nSPS) is 11.4. The first-order chi connectivity index (χ1) is 26.6. The Hall–Kier alpha value is -7.14. The highest BCUT2D eigenvalue weighted by molar-refractivity contribution is 5.82. The van der Waals surface area contributed by atoms with Gasteiger partial charge in [-0.05, 0) is 56.8 Å². The van der Waals surface area contributed by atoms with Gasteiger partial charge in [-0.2, -0.15) is 4.98 Å². The summed E-state index contributed by atoms with van der Waals surface area (Å²) in [5.41, 5.74) is 8.00. The van der Waals surface area contributed by atoms with Crippen molar-refractivity contribution in [2.24, 2.45) is 0 Å². The lowest BCUT2D eigenvalue weighted by atomic mass is 9.77. The average Bonchev–Trinajstić information content (AvgIpc) is 3.85. The van der Waals surface area contributed by atoms with Crippen LogP contribution in [0.15, 0.2) is 158 Å². The molecule has 0 saturated carbocycles. The van der Waals surface area contributed by atoms with E-state index in [2.05, 4.69) is 83.0 Å². The van der Waals surface area contributed by atoms with Crippen LogP contribution in [-0.2, 0) is 23.5 Å². The van der Waals surface area contributed by atoms with E-state index in [0.717, 1.165) is 44.5 Å². The topological polar surface area (TPSA) is 123 Å². The number of ether oxygens (including phenoxy) is 1. The van der Waals surface area contributed by atoms with Crippen LogP contribution in [0.3, 0.4) is 0 Å². The average molecular weight is 714 g/mol.